The van der Waals surface area contributed by atoms with Crippen molar-refractivity contribution >= 4 is 15.5 Å². The Morgan fingerprint density at radius 1 is 1.28 bits per heavy atom. The lowest BCUT2D eigenvalue weighted by Crippen LogP contribution is -2.39. The molecule has 0 aromatic rings. The number of rotatable bonds is 11. The fraction of sp³-hybridized carbons (Fsp3) is 0.769. The minimum absolute atomic E-state index is 0.346. The zero-order valence-electron chi connectivity index (χ0n) is 11.9. The summed E-state index contributed by atoms with van der Waals surface area (Å²) >= 11 is 0. The summed E-state index contributed by atoms with van der Waals surface area (Å²) in [5.74, 6) is -0.347. The molecule has 0 aliphatic carbocycles. The lowest BCUT2D eigenvalue weighted by molar-refractivity contribution is -0.163. The van der Waals surface area contributed by atoms with Gasteiger partial charge < -0.3 is 14.2 Å². The molecule has 0 aromatic carbocycles. The maximum Gasteiger partial charge on any atom is 0.330 e. The van der Waals surface area contributed by atoms with Gasteiger partial charge in [0, 0.05) is 19.3 Å². The maximum atomic E-state index is 10.8. The molecule has 0 unspecified atom stereocenters. The van der Waals surface area contributed by atoms with Gasteiger partial charge in [0.05, 0.1) is 16.1 Å². The van der Waals surface area contributed by atoms with E-state index in [4.69, 9.17) is 14.2 Å². The first-order valence-corrected chi connectivity index (χ1v) is 8.35. The number of carbonyl (C=O) groups excluding carboxylic acids is 1. The van der Waals surface area contributed by atoms with Crippen molar-refractivity contribution in [3.8, 4) is 0 Å². The first-order valence-electron chi connectivity index (χ1n) is 6.65. The fourth-order valence-corrected chi connectivity index (χ4v) is 3.70. The van der Waals surface area contributed by atoms with Gasteiger partial charge in [-0.15, -0.1) is 0 Å². The smallest absolute Gasteiger partial charge is 0.330 e. The minimum atomic E-state index is -0.451. The Bertz CT molecular complexity index is 237. The molecule has 0 N–H and O–H groups in total. The molecule has 106 valence electrons. The summed E-state index contributed by atoms with van der Waals surface area (Å²) in [5.41, 5.74) is -0.346. The Balaban J connectivity index is 3.66. The third kappa shape index (κ3) is 8.44. The number of esters is 1. The molecule has 0 aromatic heterocycles. The van der Waals surface area contributed by atoms with Crippen molar-refractivity contribution in [2.24, 2.45) is 0 Å². The lowest BCUT2D eigenvalue weighted by Gasteiger charge is -2.29. The molecule has 0 bridgehead atoms. The van der Waals surface area contributed by atoms with Gasteiger partial charge in [0.25, 0.3) is 0 Å². The highest BCUT2D eigenvalue weighted by Gasteiger charge is 2.24. The molecule has 18 heavy (non-hydrogen) atoms. The van der Waals surface area contributed by atoms with Gasteiger partial charge in [-0.2, -0.15) is 0 Å². The third-order valence-electron chi connectivity index (χ3n) is 2.59. The zero-order chi connectivity index (χ0) is 13.9. The van der Waals surface area contributed by atoms with Crippen LogP contribution in [0.1, 0.15) is 33.6 Å². The minimum Gasteiger partial charge on any atom is -0.463 e. The lowest BCUT2D eigenvalue weighted by atomic mass is 10.4. The monoisotopic (exact) mass is 274 g/mol. The Labute approximate surface area is 113 Å². The van der Waals surface area contributed by atoms with Gasteiger partial charge in [-0.05, 0) is 27.2 Å². The van der Waals surface area contributed by atoms with Crippen LogP contribution in [-0.4, -0.2) is 40.7 Å². The van der Waals surface area contributed by atoms with Crippen LogP contribution in [0.3, 0.4) is 0 Å². The summed E-state index contributed by atoms with van der Waals surface area (Å²) in [5, 5.41) is 0. The van der Waals surface area contributed by atoms with Crippen LogP contribution in [0.15, 0.2) is 12.7 Å². The van der Waals surface area contributed by atoms with Gasteiger partial charge >= 0.3 is 5.97 Å². The van der Waals surface area contributed by atoms with E-state index < -0.39 is 9.52 Å². The molecule has 0 fully saturated rings. The largest absolute Gasteiger partial charge is 0.463 e. The maximum absolute atomic E-state index is 10.8. The molecule has 0 spiro atoms. The van der Waals surface area contributed by atoms with Gasteiger partial charge in [0.2, 0.25) is 0 Å². The molecule has 0 aliphatic rings. The molecule has 0 saturated heterocycles. The highest BCUT2D eigenvalue weighted by molar-refractivity contribution is 6.38. The summed E-state index contributed by atoms with van der Waals surface area (Å²) in [4.78, 5) is 10.8. The second kappa shape index (κ2) is 10.3. The van der Waals surface area contributed by atoms with Gasteiger partial charge in [-0.1, -0.05) is 19.0 Å². The predicted octanol–water partition coefficient (Wildman–Crippen LogP) is 1.83. The van der Waals surface area contributed by atoms with E-state index in [1.165, 1.54) is 6.08 Å². The van der Waals surface area contributed by atoms with E-state index in [9.17, 15) is 4.79 Å². The Morgan fingerprint density at radius 3 is 2.39 bits per heavy atom. The average molecular weight is 274 g/mol. The zero-order valence-corrected chi connectivity index (χ0v) is 13.3. The van der Waals surface area contributed by atoms with E-state index in [1.807, 2.05) is 20.8 Å². The Morgan fingerprint density at radius 2 is 1.89 bits per heavy atom. The number of carbonyl (C=O) groups is 1. The van der Waals surface area contributed by atoms with Gasteiger partial charge in [-0.3, -0.25) is 0 Å². The molecule has 0 atom stereocenters. The van der Waals surface area contributed by atoms with Crippen LogP contribution < -0.4 is 0 Å². The molecule has 4 nitrogen and oxygen atoms in total. The molecule has 0 rings (SSSR count). The molecule has 0 radical (unpaired) electrons. The SMILES string of the molecule is C=CC(=O)OCCCC[SiH2]C(C)(OCC)OCC. The van der Waals surface area contributed by atoms with Gasteiger partial charge in [-0.25, -0.2) is 4.79 Å². The van der Waals surface area contributed by atoms with Crippen molar-refractivity contribution in [3.63, 3.8) is 0 Å². The third-order valence-corrected chi connectivity index (χ3v) is 4.76. The normalized spacial score (nSPS) is 11.9. The molecule has 0 heterocycles. The van der Waals surface area contributed by atoms with E-state index in [0.29, 0.717) is 19.8 Å². The van der Waals surface area contributed by atoms with Gasteiger partial charge in [0.1, 0.15) is 5.41 Å². The van der Waals surface area contributed by atoms with E-state index in [2.05, 4.69) is 6.58 Å². The van der Waals surface area contributed by atoms with Crippen molar-refractivity contribution in [1.29, 1.82) is 0 Å². The van der Waals surface area contributed by atoms with E-state index in [0.717, 1.165) is 18.9 Å². The highest BCUT2D eigenvalue weighted by Crippen LogP contribution is 2.14. The molecule has 5 heteroatoms. The fourth-order valence-electron chi connectivity index (χ4n) is 1.75. The van der Waals surface area contributed by atoms with Crippen molar-refractivity contribution in [2.45, 2.75) is 45.1 Å². The van der Waals surface area contributed by atoms with E-state index in [-0.39, 0.29) is 11.4 Å². The van der Waals surface area contributed by atoms with Crippen molar-refractivity contribution < 1.29 is 19.0 Å². The second-order valence-corrected chi connectivity index (χ2v) is 6.67. The van der Waals surface area contributed by atoms with Crippen LogP contribution in [0.4, 0.5) is 0 Å². The second-order valence-electron chi connectivity index (χ2n) is 4.18. The predicted molar refractivity (Wildman–Crippen MR) is 75.4 cm³/mol. The van der Waals surface area contributed by atoms with E-state index in [1.54, 1.807) is 0 Å². The van der Waals surface area contributed by atoms with Crippen LogP contribution in [0, 0.1) is 0 Å². The first-order chi connectivity index (χ1) is 8.58. The number of hydrogen-bond acceptors (Lipinski definition) is 4. The topological polar surface area (TPSA) is 44.8 Å². The van der Waals surface area contributed by atoms with Crippen LogP contribution in [0.2, 0.25) is 6.04 Å². The molecule has 0 aliphatic heterocycles. The highest BCUT2D eigenvalue weighted by atomic mass is 28.2. The van der Waals surface area contributed by atoms with Crippen LogP contribution in [0.5, 0.6) is 0 Å². The van der Waals surface area contributed by atoms with Crippen molar-refractivity contribution in [3.05, 3.63) is 12.7 Å². The quantitative estimate of drug-likeness (QED) is 0.190. The van der Waals surface area contributed by atoms with Crippen molar-refractivity contribution in [2.75, 3.05) is 19.8 Å². The molecular formula is C13H26O4Si. The Kier molecular flexibility index (Phi) is 9.91. The summed E-state index contributed by atoms with van der Waals surface area (Å²) in [6.07, 6.45) is 3.13. The Hall–Kier alpha value is -0.653. The summed E-state index contributed by atoms with van der Waals surface area (Å²) in [7, 11) is -0.451. The first kappa shape index (κ1) is 17.3. The van der Waals surface area contributed by atoms with Crippen LogP contribution in [0.25, 0.3) is 0 Å². The average Bonchev–Trinajstić information content (AvgIpc) is 2.33. The summed E-state index contributed by atoms with van der Waals surface area (Å²) in [6.45, 7) is 11.2. The number of unbranched alkanes of at least 4 members (excludes halogenated alkanes) is 1. The van der Waals surface area contributed by atoms with Crippen LogP contribution >= 0.6 is 0 Å². The standard InChI is InChI=1S/C13H26O4Si/c1-5-12(14)15-10-8-9-11-18-13(4,16-6-2)17-7-3/h5H,1,6-11,18H2,2-4H3. The van der Waals surface area contributed by atoms with Crippen molar-refractivity contribution in [1.82, 2.24) is 0 Å². The molecule has 0 amide bonds. The summed E-state index contributed by atoms with van der Waals surface area (Å²) < 4.78 is 16.3. The number of hydrogen-bond donors (Lipinski definition) is 0. The molecule has 0 saturated carbocycles. The summed E-state index contributed by atoms with van der Waals surface area (Å²) in [6, 6.07) is 1.13. The number of ether oxygens (including phenoxy) is 3. The van der Waals surface area contributed by atoms with E-state index >= 15 is 0 Å². The van der Waals surface area contributed by atoms with Gasteiger partial charge in [0.15, 0.2) is 0 Å². The van der Waals surface area contributed by atoms with Crippen LogP contribution in [-0.2, 0) is 19.0 Å². The molecular weight excluding hydrogens is 248 g/mol.